The van der Waals surface area contributed by atoms with Gasteiger partial charge in [-0.1, -0.05) is 6.07 Å². The van der Waals surface area contributed by atoms with E-state index in [1.54, 1.807) is 24.3 Å². The molecule has 2 aromatic rings. The second-order valence-electron chi connectivity index (χ2n) is 6.95. The van der Waals surface area contributed by atoms with Crippen LogP contribution in [0.3, 0.4) is 0 Å². The lowest BCUT2D eigenvalue weighted by Crippen LogP contribution is -2.21. The van der Waals surface area contributed by atoms with Crippen molar-refractivity contribution in [3.8, 4) is 0 Å². The molecular formula is C22H22F3N3O5. The summed E-state index contributed by atoms with van der Waals surface area (Å²) < 4.78 is 42.9. The molecule has 2 rings (SSSR count). The number of halogens is 3. The Bertz CT molecular complexity index is 1010. The summed E-state index contributed by atoms with van der Waals surface area (Å²) in [6, 6.07) is 10.5. The molecule has 0 radical (unpaired) electrons. The van der Waals surface area contributed by atoms with Crippen LogP contribution in [0.25, 0.3) is 0 Å². The van der Waals surface area contributed by atoms with Gasteiger partial charge in [0.2, 0.25) is 11.8 Å². The molecule has 0 saturated heterocycles. The first-order chi connectivity index (χ1) is 15.5. The maximum absolute atomic E-state index is 12.7. The highest BCUT2D eigenvalue weighted by Gasteiger charge is 2.30. The summed E-state index contributed by atoms with van der Waals surface area (Å²) in [7, 11) is 0. The van der Waals surface area contributed by atoms with Crippen molar-refractivity contribution in [2.24, 2.45) is 0 Å². The molecule has 0 saturated carbocycles. The van der Waals surface area contributed by atoms with Crippen LogP contribution < -0.4 is 16.0 Å². The minimum atomic E-state index is -4.52. The molecule has 176 valence electrons. The lowest BCUT2D eigenvalue weighted by atomic mass is 10.2. The monoisotopic (exact) mass is 465 g/mol. The summed E-state index contributed by atoms with van der Waals surface area (Å²) in [6.07, 6.45) is -4.68. The molecule has 0 aromatic heterocycles. The van der Waals surface area contributed by atoms with Gasteiger partial charge in [0, 0.05) is 36.8 Å². The first-order valence-corrected chi connectivity index (χ1v) is 9.83. The van der Waals surface area contributed by atoms with Gasteiger partial charge in [0.25, 0.3) is 5.91 Å². The van der Waals surface area contributed by atoms with Crippen molar-refractivity contribution in [3.63, 3.8) is 0 Å². The molecule has 2 aromatic carbocycles. The smallest absolute Gasteiger partial charge is 0.416 e. The molecule has 0 spiro atoms. The Morgan fingerprint density at radius 2 is 1.42 bits per heavy atom. The SMILES string of the molecule is CC(=O)Nc1ccc(NC(=O)COC(=O)CCCC(=O)Nc2cccc(C(F)(F)F)c2)cc1. The van der Waals surface area contributed by atoms with Gasteiger partial charge in [-0.2, -0.15) is 13.2 Å². The standard InChI is InChI=1S/C22H22F3N3O5/c1-14(29)26-16-8-10-17(11-9-16)27-20(31)13-33-21(32)7-3-6-19(30)28-18-5-2-4-15(12-18)22(23,24)25/h2,4-5,8-12H,3,6-7,13H2,1H3,(H,26,29)(H,27,31)(H,28,30). The average molecular weight is 465 g/mol. The van der Waals surface area contributed by atoms with Crippen molar-refractivity contribution >= 4 is 40.8 Å². The number of alkyl halides is 3. The van der Waals surface area contributed by atoms with E-state index in [1.807, 2.05) is 0 Å². The fraction of sp³-hybridized carbons (Fsp3) is 0.273. The van der Waals surface area contributed by atoms with Crippen molar-refractivity contribution in [3.05, 3.63) is 54.1 Å². The number of anilines is 3. The molecule has 8 nitrogen and oxygen atoms in total. The predicted molar refractivity (Wildman–Crippen MR) is 114 cm³/mol. The van der Waals surface area contributed by atoms with Crippen LogP contribution in [-0.2, 0) is 30.1 Å². The summed E-state index contributed by atoms with van der Waals surface area (Å²) in [5.74, 6) is -2.05. The third-order valence-corrected chi connectivity index (χ3v) is 4.11. The summed E-state index contributed by atoms with van der Waals surface area (Å²) in [5.41, 5.74) is 0.116. The van der Waals surface area contributed by atoms with E-state index in [0.717, 1.165) is 12.1 Å². The van der Waals surface area contributed by atoms with E-state index >= 15 is 0 Å². The van der Waals surface area contributed by atoms with Gasteiger partial charge < -0.3 is 20.7 Å². The van der Waals surface area contributed by atoms with E-state index in [1.165, 1.54) is 19.1 Å². The number of ether oxygens (including phenoxy) is 1. The molecule has 0 heterocycles. The number of carbonyl (C=O) groups excluding carboxylic acids is 4. The van der Waals surface area contributed by atoms with Crippen LogP contribution in [0.5, 0.6) is 0 Å². The lowest BCUT2D eigenvalue weighted by Gasteiger charge is -2.10. The molecule has 0 bridgehead atoms. The van der Waals surface area contributed by atoms with Gasteiger partial charge in [-0.05, 0) is 48.9 Å². The number of carbonyl (C=O) groups is 4. The normalized spacial score (nSPS) is 10.8. The van der Waals surface area contributed by atoms with Crippen molar-refractivity contribution in [2.45, 2.75) is 32.4 Å². The zero-order valence-electron chi connectivity index (χ0n) is 17.6. The molecule has 0 aliphatic carbocycles. The van der Waals surface area contributed by atoms with E-state index in [9.17, 15) is 32.3 Å². The molecule has 33 heavy (non-hydrogen) atoms. The van der Waals surface area contributed by atoms with Crippen LogP contribution in [0.15, 0.2) is 48.5 Å². The van der Waals surface area contributed by atoms with Crippen molar-refractivity contribution in [2.75, 3.05) is 22.6 Å². The van der Waals surface area contributed by atoms with Crippen molar-refractivity contribution in [1.29, 1.82) is 0 Å². The van der Waals surface area contributed by atoms with Crippen LogP contribution in [0.2, 0.25) is 0 Å². The van der Waals surface area contributed by atoms with Crippen LogP contribution in [0.1, 0.15) is 31.7 Å². The summed E-state index contributed by atoms with van der Waals surface area (Å²) in [6.45, 7) is 0.843. The topological polar surface area (TPSA) is 114 Å². The zero-order valence-corrected chi connectivity index (χ0v) is 17.6. The molecule has 0 atom stereocenters. The third-order valence-electron chi connectivity index (χ3n) is 4.11. The second-order valence-corrected chi connectivity index (χ2v) is 6.95. The fourth-order valence-corrected chi connectivity index (χ4v) is 2.65. The first-order valence-electron chi connectivity index (χ1n) is 9.83. The van der Waals surface area contributed by atoms with Crippen molar-refractivity contribution < 1.29 is 37.1 Å². The van der Waals surface area contributed by atoms with Crippen LogP contribution in [-0.4, -0.2) is 30.3 Å². The Morgan fingerprint density at radius 3 is 2.03 bits per heavy atom. The molecule has 11 heteroatoms. The molecule has 0 unspecified atom stereocenters. The van der Waals surface area contributed by atoms with Gasteiger partial charge in [-0.3, -0.25) is 19.2 Å². The fourth-order valence-electron chi connectivity index (χ4n) is 2.65. The lowest BCUT2D eigenvalue weighted by molar-refractivity contribution is -0.147. The van der Waals surface area contributed by atoms with Crippen LogP contribution >= 0.6 is 0 Å². The summed E-state index contributed by atoms with van der Waals surface area (Å²) >= 11 is 0. The minimum absolute atomic E-state index is 0.000759. The van der Waals surface area contributed by atoms with Gasteiger partial charge in [-0.15, -0.1) is 0 Å². The molecular weight excluding hydrogens is 443 g/mol. The molecule has 3 N–H and O–H groups in total. The minimum Gasteiger partial charge on any atom is -0.456 e. The number of nitrogens with one attached hydrogen (secondary N) is 3. The molecule has 3 amide bonds. The largest absolute Gasteiger partial charge is 0.456 e. The number of esters is 1. The maximum atomic E-state index is 12.7. The Hall–Kier alpha value is -3.89. The van der Waals surface area contributed by atoms with E-state index in [4.69, 9.17) is 4.74 Å². The highest BCUT2D eigenvalue weighted by atomic mass is 19.4. The predicted octanol–water partition coefficient (Wildman–Crippen LogP) is 3.95. The number of benzene rings is 2. The molecule has 0 aliphatic rings. The van der Waals surface area contributed by atoms with E-state index in [-0.39, 0.29) is 30.9 Å². The number of rotatable bonds is 9. The maximum Gasteiger partial charge on any atom is 0.416 e. The van der Waals surface area contributed by atoms with E-state index in [0.29, 0.717) is 11.4 Å². The highest BCUT2D eigenvalue weighted by Crippen LogP contribution is 2.30. The van der Waals surface area contributed by atoms with Crippen LogP contribution in [0, 0.1) is 0 Å². The number of hydrogen-bond donors (Lipinski definition) is 3. The Morgan fingerprint density at radius 1 is 0.818 bits per heavy atom. The number of amides is 3. The van der Waals surface area contributed by atoms with Gasteiger partial charge in [0.15, 0.2) is 6.61 Å². The average Bonchev–Trinajstić information content (AvgIpc) is 2.73. The Balaban J connectivity index is 1.67. The third kappa shape index (κ3) is 9.42. The van der Waals surface area contributed by atoms with E-state index < -0.39 is 36.1 Å². The highest BCUT2D eigenvalue weighted by molar-refractivity contribution is 5.94. The number of hydrogen-bond acceptors (Lipinski definition) is 5. The molecule has 0 aliphatic heterocycles. The van der Waals surface area contributed by atoms with Gasteiger partial charge in [0.05, 0.1) is 5.56 Å². The second kappa shape index (κ2) is 11.7. The summed E-state index contributed by atoms with van der Waals surface area (Å²) in [4.78, 5) is 46.5. The zero-order chi connectivity index (χ0) is 24.4. The Labute approximate surface area is 187 Å². The van der Waals surface area contributed by atoms with Crippen LogP contribution in [0.4, 0.5) is 30.2 Å². The van der Waals surface area contributed by atoms with E-state index in [2.05, 4.69) is 16.0 Å². The Kier molecular flexibility index (Phi) is 8.96. The first kappa shape index (κ1) is 25.4. The van der Waals surface area contributed by atoms with Gasteiger partial charge in [0.1, 0.15) is 0 Å². The van der Waals surface area contributed by atoms with Gasteiger partial charge in [-0.25, -0.2) is 0 Å². The van der Waals surface area contributed by atoms with Gasteiger partial charge >= 0.3 is 12.1 Å². The quantitative estimate of drug-likeness (QED) is 0.485. The summed E-state index contributed by atoms with van der Waals surface area (Å²) in [5, 5.41) is 7.44. The van der Waals surface area contributed by atoms with Crippen molar-refractivity contribution in [1.82, 2.24) is 0 Å². The molecule has 0 fully saturated rings.